The van der Waals surface area contributed by atoms with E-state index in [9.17, 15) is 0 Å². The second-order valence-corrected chi connectivity index (χ2v) is 8.33. The van der Waals surface area contributed by atoms with Gasteiger partial charge in [0.15, 0.2) is 0 Å². The number of benzene rings is 3. The SMILES string of the molecule is COC/C(=C(\B(c1ccccc1)c1ccccc1)c1ccccc1)C1CCCCC1. The van der Waals surface area contributed by atoms with Crippen molar-refractivity contribution in [2.45, 2.75) is 32.1 Å². The van der Waals surface area contributed by atoms with Crippen molar-refractivity contribution in [2.24, 2.45) is 5.92 Å². The van der Waals surface area contributed by atoms with Gasteiger partial charge in [-0.15, -0.1) is 0 Å². The van der Waals surface area contributed by atoms with Crippen LogP contribution in [0.2, 0.25) is 0 Å². The number of methoxy groups -OCH3 is 1. The highest BCUT2D eigenvalue weighted by atomic mass is 16.5. The molecule has 0 unspecified atom stereocenters. The maximum absolute atomic E-state index is 5.82. The first kappa shape index (κ1) is 20.7. The number of hydrogen-bond acceptors (Lipinski definition) is 1. The summed E-state index contributed by atoms with van der Waals surface area (Å²) in [5.41, 5.74) is 6.91. The Morgan fingerprint density at radius 3 is 1.73 bits per heavy atom. The molecule has 152 valence electrons. The van der Waals surface area contributed by atoms with Gasteiger partial charge in [0.2, 0.25) is 6.71 Å². The molecule has 0 aromatic heterocycles. The molecule has 1 nitrogen and oxygen atoms in total. The molecule has 0 N–H and O–H groups in total. The van der Waals surface area contributed by atoms with Crippen LogP contribution < -0.4 is 10.9 Å². The lowest BCUT2D eigenvalue weighted by atomic mass is 9.34. The largest absolute Gasteiger partial charge is 0.380 e. The van der Waals surface area contributed by atoms with E-state index in [0.717, 1.165) is 0 Å². The van der Waals surface area contributed by atoms with Gasteiger partial charge in [0.25, 0.3) is 0 Å². The van der Waals surface area contributed by atoms with E-state index in [-0.39, 0.29) is 6.71 Å². The third kappa shape index (κ3) is 4.76. The smallest absolute Gasteiger partial charge is 0.242 e. The van der Waals surface area contributed by atoms with Gasteiger partial charge in [0.05, 0.1) is 6.61 Å². The van der Waals surface area contributed by atoms with Crippen molar-refractivity contribution in [3.8, 4) is 0 Å². The summed E-state index contributed by atoms with van der Waals surface area (Å²) in [7, 11) is 1.84. The van der Waals surface area contributed by atoms with Crippen LogP contribution in [-0.2, 0) is 4.74 Å². The van der Waals surface area contributed by atoms with Gasteiger partial charge < -0.3 is 4.74 Å². The third-order valence-electron chi connectivity index (χ3n) is 6.38. The fourth-order valence-corrected chi connectivity index (χ4v) is 4.99. The van der Waals surface area contributed by atoms with E-state index in [2.05, 4.69) is 91.0 Å². The molecule has 30 heavy (non-hydrogen) atoms. The Kier molecular flexibility index (Phi) is 7.21. The molecule has 0 amide bonds. The summed E-state index contributed by atoms with van der Waals surface area (Å²) in [6.07, 6.45) is 6.54. The van der Waals surface area contributed by atoms with Gasteiger partial charge in [-0.2, -0.15) is 0 Å². The highest BCUT2D eigenvalue weighted by Gasteiger charge is 2.30. The Hall–Kier alpha value is -2.58. The summed E-state index contributed by atoms with van der Waals surface area (Å²) in [5, 5.41) is 0. The summed E-state index contributed by atoms with van der Waals surface area (Å²) < 4.78 is 5.82. The van der Waals surface area contributed by atoms with Crippen LogP contribution in [0.3, 0.4) is 0 Å². The van der Waals surface area contributed by atoms with Gasteiger partial charge >= 0.3 is 0 Å². The molecule has 0 aliphatic heterocycles. The van der Waals surface area contributed by atoms with Crippen molar-refractivity contribution in [2.75, 3.05) is 13.7 Å². The maximum Gasteiger partial charge on any atom is 0.242 e. The lowest BCUT2D eigenvalue weighted by molar-refractivity contribution is 0.210. The zero-order valence-corrected chi connectivity index (χ0v) is 18.0. The van der Waals surface area contributed by atoms with Crippen LogP contribution in [0.4, 0.5) is 0 Å². The monoisotopic (exact) mass is 394 g/mol. The summed E-state index contributed by atoms with van der Waals surface area (Å²) in [5.74, 6) is 0.601. The maximum atomic E-state index is 5.82. The molecule has 1 saturated carbocycles. The summed E-state index contributed by atoms with van der Waals surface area (Å²) in [6, 6.07) is 32.9. The summed E-state index contributed by atoms with van der Waals surface area (Å²) in [6.45, 7) is 0.896. The molecule has 0 heterocycles. The molecule has 1 aliphatic carbocycles. The van der Waals surface area contributed by atoms with Crippen molar-refractivity contribution in [3.05, 3.63) is 102 Å². The fourth-order valence-electron chi connectivity index (χ4n) is 4.99. The Morgan fingerprint density at radius 2 is 1.23 bits per heavy atom. The summed E-state index contributed by atoms with van der Waals surface area (Å²) >= 11 is 0. The van der Waals surface area contributed by atoms with Gasteiger partial charge in [-0.1, -0.05) is 127 Å². The van der Waals surface area contributed by atoms with Crippen molar-refractivity contribution in [3.63, 3.8) is 0 Å². The average molecular weight is 394 g/mol. The molecule has 2 heteroatoms. The number of ether oxygens (including phenoxy) is 1. The summed E-state index contributed by atoms with van der Waals surface area (Å²) in [4.78, 5) is 0. The second-order valence-electron chi connectivity index (χ2n) is 8.33. The molecule has 4 rings (SSSR count). The molecule has 0 radical (unpaired) electrons. The number of hydrogen-bond donors (Lipinski definition) is 0. The van der Waals surface area contributed by atoms with E-state index < -0.39 is 0 Å². The highest BCUT2D eigenvalue weighted by molar-refractivity contribution is 6.99. The fraction of sp³-hybridized carbons (Fsp3) is 0.286. The molecule has 3 aromatic carbocycles. The first-order valence-corrected chi connectivity index (χ1v) is 11.3. The standard InChI is InChI=1S/C28H31BO/c1-30-22-27(23-14-6-2-7-15-23)28(24-16-8-3-9-17-24)29(25-18-10-4-11-19-25)26-20-12-5-13-21-26/h3-5,8-13,16-21,23H,2,6-7,14-15,22H2,1H3/b28-27+. The van der Waals surface area contributed by atoms with Gasteiger partial charge in [0, 0.05) is 7.11 Å². The van der Waals surface area contributed by atoms with Gasteiger partial charge in [-0.05, 0) is 29.9 Å². The minimum Gasteiger partial charge on any atom is -0.380 e. The molecule has 1 aliphatic rings. The van der Waals surface area contributed by atoms with Crippen LogP contribution in [0.5, 0.6) is 0 Å². The Labute approximate surface area is 181 Å². The van der Waals surface area contributed by atoms with E-state index in [4.69, 9.17) is 4.74 Å². The first-order chi connectivity index (χ1) is 14.9. The lowest BCUT2D eigenvalue weighted by Crippen LogP contribution is -2.44. The predicted octanol–water partition coefficient (Wildman–Crippen LogP) is 5.52. The third-order valence-corrected chi connectivity index (χ3v) is 6.38. The van der Waals surface area contributed by atoms with Crippen LogP contribution >= 0.6 is 0 Å². The van der Waals surface area contributed by atoms with Crippen LogP contribution in [0.1, 0.15) is 37.7 Å². The molecular weight excluding hydrogens is 363 g/mol. The molecule has 3 aromatic rings. The molecule has 0 spiro atoms. The van der Waals surface area contributed by atoms with Crippen molar-refractivity contribution < 1.29 is 4.74 Å². The zero-order valence-electron chi connectivity index (χ0n) is 18.0. The van der Waals surface area contributed by atoms with E-state index in [1.54, 1.807) is 0 Å². The van der Waals surface area contributed by atoms with Crippen LogP contribution in [-0.4, -0.2) is 20.4 Å². The van der Waals surface area contributed by atoms with Crippen LogP contribution in [0.15, 0.2) is 96.6 Å². The van der Waals surface area contributed by atoms with Crippen LogP contribution in [0, 0.1) is 5.92 Å². The topological polar surface area (TPSA) is 9.23 Å². The lowest BCUT2D eigenvalue weighted by Gasteiger charge is -2.30. The molecule has 1 fully saturated rings. The quantitative estimate of drug-likeness (QED) is 0.480. The molecule has 0 atom stereocenters. The molecule has 0 bridgehead atoms. The normalized spacial score (nSPS) is 15.5. The molecule has 0 saturated heterocycles. The van der Waals surface area contributed by atoms with Crippen molar-refractivity contribution >= 4 is 23.1 Å². The van der Waals surface area contributed by atoms with Gasteiger partial charge in [-0.25, -0.2) is 0 Å². The Morgan fingerprint density at radius 1 is 0.733 bits per heavy atom. The highest BCUT2D eigenvalue weighted by Crippen LogP contribution is 2.35. The van der Waals surface area contributed by atoms with E-state index in [1.165, 1.54) is 59.6 Å². The zero-order chi connectivity index (χ0) is 20.6. The average Bonchev–Trinajstić information content (AvgIpc) is 2.83. The minimum absolute atomic E-state index is 0.196. The van der Waals surface area contributed by atoms with Crippen LogP contribution in [0.25, 0.3) is 5.47 Å². The van der Waals surface area contributed by atoms with Crippen molar-refractivity contribution in [1.29, 1.82) is 0 Å². The Balaban J connectivity index is 1.96. The molecular formula is C28H31BO. The van der Waals surface area contributed by atoms with Gasteiger partial charge in [0.1, 0.15) is 0 Å². The first-order valence-electron chi connectivity index (χ1n) is 11.3. The minimum atomic E-state index is 0.196. The predicted molar refractivity (Wildman–Crippen MR) is 130 cm³/mol. The second kappa shape index (κ2) is 10.5. The Bertz CT molecular complexity index is 889. The van der Waals surface area contributed by atoms with E-state index in [0.29, 0.717) is 12.5 Å². The van der Waals surface area contributed by atoms with Gasteiger partial charge in [-0.3, -0.25) is 0 Å². The van der Waals surface area contributed by atoms with E-state index >= 15 is 0 Å². The van der Waals surface area contributed by atoms with E-state index in [1.807, 2.05) is 7.11 Å². The number of rotatable bonds is 7. The van der Waals surface area contributed by atoms with Crippen molar-refractivity contribution in [1.82, 2.24) is 0 Å².